The summed E-state index contributed by atoms with van der Waals surface area (Å²) in [5.41, 5.74) is 3.65. The number of aryl methyl sites for hydroxylation is 1. The van der Waals surface area contributed by atoms with Gasteiger partial charge in [0.05, 0.1) is 7.11 Å². The van der Waals surface area contributed by atoms with Gasteiger partial charge in [0.1, 0.15) is 5.75 Å². The summed E-state index contributed by atoms with van der Waals surface area (Å²) in [6, 6.07) is 10.6. The highest BCUT2D eigenvalue weighted by molar-refractivity contribution is 5.30. The van der Waals surface area contributed by atoms with Crippen LogP contribution in [0.2, 0.25) is 0 Å². The number of benzene rings is 1. The van der Waals surface area contributed by atoms with Crippen molar-refractivity contribution in [2.45, 2.75) is 19.4 Å². The molecule has 0 spiro atoms. The normalized spacial score (nSPS) is 12.2. The van der Waals surface area contributed by atoms with E-state index >= 15 is 0 Å². The van der Waals surface area contributed by atoms with Crippen molar-refractivity contribution < 1.29 is 4.74 Å². The number of nitrogens with zero attached hydrogens (tertiary/aromatic N) is 1. The van der Waals surface area contributed by atoms with E-state index < -0.39 is 0 Å². The molecule has 3 nitrogen and oxygen atoms in total. The number of hydrogen-bond donors (Lipinski definition) is 1. The molecule has 0 amide bonds. The molecule has 19 heavy (non-hydrogen) atoms. The zero-order valence-corrected chi connectivity index (χ0v) is 11.7. The highest BCUT2D eigenvalue weighted by Crippen LogP contribution is 2.21. The molecule has 0 fully saturated rings. The molecule has 2 aromatic rings. The summed E-state index contributed by atoms with van der Waals surface area (Å²) in [6.07, 6.45) is 4.72. The van der Waals surface area contributed by atoms with Gasteiger partial charge in [0.15, 0.2) is 0 Å². The SMILES string of the molecule is CNC(Cc1cccc(OC)c1)c1cncc(C)c1. The summed E-state index contributed by atoms with van der Waals surface area (Å²) in [5.74, 6) is 0.898. The molecule has 100 valence electrons. The van der Waals surface area contributed by atoms with Gasteiger partial charge in [-0.3, -0.25) is 4.98 Å². The summed E-state index contributed by atoms with van der Waals surface area (Å²) < 4.78 is 5.26. The van der Waals surface area contributed by atoms with Crippen molar-refractivity contribution >= 4 is 0 Å². The molecule has 0 bridgehead atoms. The van der Waals surface area contributed by atoms with Gasteiger partial charge in [0.2, 0.25) is 0 Å². The fourth-order valence-electron chi connectivity index (χ4n) is 2.19. The minimum atomic E-state index is 0.263. The number of nitrogens with one attached hydrogen (secondary N) is 1. The van der Waals surface area contributed by atoms with Crippen LogP contribution in [0.25, 0.3) is 0 Å². The third kappa shape index (κ3) is 3.55. The first kappa shape index (κ1) is 13.6. The Bertz CT molecular complexity index is 540. The minimum Gasteiger partial charge on any atom is -0.497 e. The van der Waals surface area contributed by atoms with E-state index in [1.165, 1.54) is 16.7 Å². The van der Waals surface area contributed by atoms with Gasteiger partial charge in [-0.25, -0.2) is 0 Å². The van der Waals surface area contributed by atoms with Crippen molar-refractivity contribution in [1.29, 1.82) is 0 Å². The topological polar surface area (TPSA) is 34.1 Å². The zero-order valence-electron chi connectivity index (χ0n) is 11.7. The number of likely N-dealkylation sites (N-methyl/N-ethyl adjacent to an activating group) is 1. The largest absolute Gasteiger partial charge is 0.497 e. The Morgan fingerprint density at radius 1 is 1.26 bits per heavy atom. The predicted molar refractivity (Wildman–Crippen MR) is 77.5 cm³/mol. The molecule has 1 atom stereocenters. The smallest absolute Gasteiger partial charge is 0.119 e. The first-order chi connectivity index (χ1) is 9.22. The summed E-state index contributed by atoms with van der Waals surface area (Å²) in [7, 11) is 3.67. The molecule has 0 saturated carbocycles. The first-order valence-corrected chi connectivity index (χ1v) is 6.44. The molecule has 0 aliphatic rings. The average Bonchev–Trinajstić information content (AvgIpc) is 2.45. The van der Waals surface area contributed by atoms with Crippen molar-refractivity contribution in [1.82, 2.24) is 10.3 Å². The van der Waals surface area contributed by atoms with Crippen molar-refractivity contribution in [3.05, 3.63) is 59.4 Å². The lowest BCUT2D eigenvalue weighted by Crippen LogP contribution is -2.19. The van der Waals surface area contributed by atoms with Crippen LogP contribution >= 0.6 is 0 Å². The first-order valence-electron chi connectivity index (χ1n) is 6.44. The molecular formula is C16H20N2O. The van der Waals surface area contributed by atoms with Crippen LogP contribution in [0.15, 0.2) is 42.7 Å². The van der Waals surface area contributed by atoms with Crippen LogP contribution in [0.3, 0.4) is 0 Å². The zero-order chi connectivity index (χ0) is 13.7. The quantitative estimate of drug-likeness (QED) is 0.893. The van der Waals surface area contributed by atoms with Crippen LogP contribution in [-0.2, 0) is 6.42 Å². The molecule has 3 heteroatoms. The van der Waals surface area contributed by atoms with Gasteiger partial charge in [0.25, 0.3) is 0 Å². The molecule has 2 rings (SSSR count). The summed E-state index contributed by atoms with van der Waals surface area (Å²) >= 11 is 0. The summed E-state index contributed by atoms with van der Waals surface area (Å²) in [6.45, 7) is 2.06. The van der Waals surface area contributed by atoms with Crippen molar-refractivity contribution in [3.63, 3.8) is 0 Å². The van der Waals surface area contributed by atoms with Gasteiger partial charge in [0, 0.05) is 18.4 Å². The lowest BCUT2D eigenvalue weighted by molar-refractivity contribution is 0.414. The Hall–Kier alpha value is -1.87. The number of ether oxygens (including phenoxy) is 1. The van der Waals surface area contributed by atoms with Crippen LogP contribution < -0.4 is 10.1 Å². The van der Waals surface area contributed by atoms with E-state index in [2.05, 4.69) is 35.4 Å². The van der Waals surface area contributed by atoms with E-state index in [1.54, 1.807) is 7.11 Å². The molecule has 1 N–H and O–H groups in total. The van der Waals surface area contributed by atoms with E-state index in [0.29, 0.717) is 0 Å². The third-order valence-corrected chi connectivity index (χ3v) is 3.22. The van der Waals surface area contributed by atoms with E-state index in [9.17, 15) is 0 Å². The Kier molecular flexibility index (Phi) is 4.53. The van der Waals surface area contributed by atoms with Gasteiger partial charge >= 0.3 is 0 Å². The maximum Gasteiger partial charge on any atom is 0.119 e. The summed E-state index contributed by atoms with van der Waals surface area (Å²) in [4.78, 5) is 4.26. The molecule has 1 aromatic carbocycles. The van der Waals surface area contributed by atoms with Gasteiger partial charge in [-0.1, -0.05) is 18.2 Å². The number of pyridine rings is 1. The van der Waals surface area contributed by atoms with E-state index in [0.717, 1.165) is 12.2 Å². The number of aromatic nitrogens is 1. The second-order valence-corrected chi connectivity index (χ2v) is 4.69. The molecule has 1 unspecified atom stereocenters. The van der Waals surface area contributed by atoms with Gasteiger partial charge in [-0.2, -0.15) is 0 Å². The summed E-state index contributed by atoms with van der Waals surface area (Å²) in [5, 5.41) is 3.35. The van der Waals surface area contributed by atoms with Crippen LogP contribution in [0.1, 0.15) is 22.7 Å². The fraction of sp³-hybridized carbons (Fsp3) is 0.312. The van der Waals surface area contributed by atoms with Crippen LogP contribution in [-0.4, -0.2) is 19.1 Å². The minimum absolute atomic E-state index is 0.263. The lowest BCUT2D eigenvalue weighted by Gasteiger charge is -2.17. The highest BCUT2D eigenvalue weighted by atomic mass is 16.5. The Morgan fingerprint density at radius 2 is 2.11 bits per heavy atom. The van der Waals surface area contributed by atoms with E-state index in [4.69, 9.17) is 4.74 Å². The Balaban J connectivity index is 2.18. The van der Waals surface area contributed by atoms with E-state index in [-0.39, 0.29) is 6.04 Å². The average molecular weight is 256 g/mol. The van der Waals surface area contributed by atoms with Crippen molar-refractivity contribution in [2.75, 3.05) is 14.2 Å². The second-order valence-electron chi connectivity index (χ2n) is 4.69. The second kappa shape index (κ2) is 6.34. The van der Waals surface area contributed by atoms with Crippen LogP contribution in [0, 0.1) is 6.92 Å². The maximum absolute atomic E-state index is 5.26. The van der Waals surface area contributed by atoms with Gasteiger partial charge in [-0.05, 0) is 49.2 Å². The standard InChI is InChI=1S/C16H20N2O/c1-12-7-14(11-18-10-12)16(17-2)9-13-5-4-6-15(8-13)19-3/h4-8,10-11,16-17H,9H2,1-3H3. The van der Waals surface area contributed by atoms with Crippen molar-refractivity contribution in [3.8, 4) is 5.75 Å². The van der Waals surface area contributed by atoms with Gasteiger partial charge in [-0.15, -0.1) is 0 Å². The Morgan fingerprint density at radius 3 is 2.79 bits per heavy atom. The fourth-order valence-corrected chi connectivity index (χ4v) is 2.19. The number of rotatable bonds is 5. The highest BCUT2D eigenvalue weighted by Gasteiger charge is 2.11. The molecule has 0 saturated heterocycles. The molecule has 0 aliphatic carbocycles. The molecular weight excluding hydrogens is 236 g/mol. The van der Waals surface area contributed by atoms with Gasteiger partial charge < -0.3 is 10.1 Å². The molecule has 1 heterocycles. The lowest BCUT2D eigenvalue weighted by atomic mass is 9.99. The monoisotopic (exact) mass is 256 g/mol. The van der Waals surface area contributed by atoms with Crippen LogP contribution in [0.4, 0.5) is 0 Å². The van der Waals surface area contributed by atoms with Crippen molar-refractivity contribution in [2.24, 2.45) is 0 Å². The van der Waals surface area contributed by atoms with E-state index in [1.807, 2.05) is 31.6 Å². The number of hydrogen-bond acceptors (Lipinski definition) is 3. The maximum atomic E-state index is 5.26. The molecule has 1 aromatic heterocycles. The molecule has 0 aliphatic heterocycles. The predicted octanol–water partition coefficient (Wildman–Crippen LogP) is 2.90. The Labute approximate surface area is 114 Å². The number of methoxy groups -OCH3 is 1. The van der Waals surface area contributed by atoms with Crippen LogP contribution in [0.5, 0.6) is 5.75 Å². The third-order valence-electron chi connectivity index (χ3n) is 3.22. The molecule has 0 radical (unpaired) electrons.